The summed E-state index contributed by atoms with van der Waals surface area (Å²) in [6, 6.07) is 115. The van der Waals surface area contributed by atoms with Crippen LogP contribution >= 0.6 is 0 Å². The van der Waals surface area contributed by atoms with Crippen LogP contribution in [0.2, 0.25) is 0 Å². The fourth-order valence-corrected chi connectivity index (χ4v) is 15.2. The highest BCUT2D eigenvalue weighted by atomic mass is 15.2. The van der Waals surface area contributed by atoms with E-state index < -0.39 is 0 Å². The fraction of sp³-hybridized carbons (Fsp3) is 0.0575. The Balaban J connectivity index is 0.742. The largest absolute Gasteiger partial charge is 0.333 e. The summed E-state index contributed by atoms with van der Waals surface area (Å²) in [6.07, 6.45) is 7.35. The summed E-state index contributed by atoms with van der Waals surface area (Å²) < 4.78 is 0. The molecule has 2 nitrogen and oxygen atoms in total. The number of hydrogen-bond donors (Lipinski definition) is 0. The Morgan fingerprint density at radius 3 is 1.48 bits per heavy atom. The van der Waals surface area contributed by atoms with Crippen molar-refractivity contribution < 1.29 is 0 Å². The normalized spacial score (nSPS) is 15.2. The Hall–Kier alpha value is -11.1. The molecule has 2 heteroatoms. The summed E-state index contributed by atoms with van der Waals surface area (Å²) in [7, 11) is 0. The lowest BCUT2D eigenvalue weighted by atomic mass is 9.80. The van der Waals surface area contributed by atoms with Crippen molar-refractivity contribution in [2.45, 2.75) is 31.2 Å². The number of hydrogen-bond acceptors (Lipinski definition) is 2. The second-order valence-corrected chi connectivity index (χ2v) is 24.6. The maximum absolute atomic E-state index is 2.57. The van der Waals surface area contributed by atoms with E-state index in [-0.39, 0.29) is 17.4 Å². The summed E-state index contributed by atoms with van der Waals surface area (Å²) >= 11 is 0. The minimum Gasteiger partial charge on any atom is -0.333 e. The van der Waals surface area contributed by atoms with Gasteiger partial charge < -0.3 is 9.80 Å². The van der Waals surface area contributed by atoms with Crippen molar-refractivity contribution in [3.05, 3.63) is 350 Å². The third-order valence-electron chi connectivity index (χ3n) is 19.4. The van der Waals surface area contributed by atoms with Crippen molar-refractivity contribution >= 4 is 66.3 Å². The Morgan fingerprint density at radius 1 is 0.337 bits per heavy atom. The van der Waals surface area contributed by atoms with Crippen molar-refractivity contribution in [1.82, 2.24) is 0 Å². The van der Waals surface area contributed by atoms with Gasteiger partial charge in [-0.25, -0.2) is 0 Å². The van der Waals surface area contributed by atoms with Crippen molar-refractivity contribution in [1.29, 1.82) is 0 Å². The van der Waals surface area contributed by atoms with Crippen LogP contribution in [0.4, 0.5) is 28.4 Å². The van der Waals surface area contributed by atoms with Gasteiger partial charge in [0.25, 0.3) is 0 Å². The first kappa shape index (κ1) is 52.3. The zero-order valence-electron chi connectivity index (χ0n) is 49.7. The van der Waals surface area contributed by atoms with Gasteiger partial charge >= 0.3 is 0 Å². The van der Waals surface area contributed by atoms with Crippen LogP contribution in [0.5, 0.6) is 0 Å². The van der Waals surface area contributed by atoms with E-state index in [0.717, 1.165) is 22.7 Å². The van der Waals surface area contributed by atoms with Crippen molar-refractivity contribution in [2.24, 2.45) is 0 Å². The molecule has 0 amide bonds. The molecule has 0 spiro atoms. The van der Waals surface area contributed by atoms with Gasteiger partial charge in [0, 0.05) is 39.8 Å². The predicted octanol–water partition coefficient (Wildman–Crippen LogP) is 23.5. The lowest BCUT2D eigenvalue weighted by molar-refractivity contribution is 0.660. The van der Waals surface area contributed by atoms with Gasteiger partial charge in [-0.1, -0.05) is 275 Å². The molecule has 2 atom stereocenters. The molecule has 1 aliphatic heterocycles. The Kier molecular flexibility index (Phi) is 12.4. The van der Waals surface area contributed by atoms with E-state index in [1.807, 2.05) is 0 Å². The highest BCUT2D eigenvalue weighted by Gasteiger charge is 2.40. The maximum atomic E-state index is 2.57. The van der Waals surface area contributed by atoms with Gasteiger partial charge in [0.15, 0.2) is 0 Å². The van der Waals surface area contributed by atoms with Gasteiger partial charge in [0.1, 0.15) is 0 Å². The topological polar surface area (TPSA) is 6.48 Å². The second-order valence-electron chi connectivity index (χ2n) is 24.6. The third-order valence-corrected chi connectivity index (χ3v) is 19.4. The van der Waals surface area contributed by atoms with Crippen LogP contribution in [0.1, 0.15) is 42.0 Å². The zero-order chi connectivity index (χ0) is 59.2. The minimum absolute atomic E-state index is 0.0706. The molecule has 0 saturated heterocycles. The summed E-state index contributed by atoms with van der Waals surface area (Å²) in [6.45, 7) is 4.83. The summed E-state index contributed by atoms with van der Waals surface area (Å²) in [5, 5.41) is 7.58. The molecule has 0 bridgehead atoms. The Labute approximate surface area is 520 Å². The van der Waals surface area contributed by atoms with Gasteiger partial charge in [-0.2, -0.15) is 0 Å². The monoisotopic (exact) mass is 1130 g/mol. The number of fused-ring (bicyclic) bond motifs is 9. The molecule has 2 aliphatic carbocycles. The third kappa shape index (κ3) is 8.62. The van der Waals surface area contributed by atoms with Crippen LogP contribution in [-0.2, 0) is 5.41 Å². The highest BCUT2D eigenvalue weighted by Crippen LogP contribution is 2.55. The van der Waals surface area contributed by atoms with Crippen LogP contribution in [0.3, 0.4) is 0 Å². The molecule has 1 heterocycles. The van der Waals surface area contributed by atoms with E-state index in [4.69, 9.17) is 0 Å². The van der Waals surface area contributed by atoms with Gasteiger partial charge in [0.05, 0.1) is 6.04 Å². The van der Waals surface area contributed by atoms with Crippen molar-refractivity contribution in [2.75, 3.05) is 9.80 Å². The van der Waals surface area contributed by atoms with E-state index in [1.54, 1.807) is 0 Å². The van der Waals surface area contributed by atoms with Gasteiger partial charge in [-0.15, -0.1) is 0 Å². The van der Waals surface area contributed by atoms with Gasteiger partial charge in [-0.05, 0) is 194 Å². The molecule has 14 aromatic rings. The van der Waals surface area contributed by atoms with Crippen LogP contribution in [0.25, 0.3) is 105 Å². The van der Waals surface area contributed by atoms with Gasteiger partial charge in [0.2, 0.25) is 0 Å². The SMILES string of the molecule is CC1(C)c2cc(-c3c4ccccc4c(-c4cccc5ccccc45)c4ccccc34)ccc2-c2ccc(N(c3ccccc3)c3ccc(N4c5ccc(-c6ccccc6-c6ccccc6)cc5C5C=C(c6ccccc6-c6ccccc6)C=CC54)cc3)cc21. The highest BCUT2D eigenvalue weighted by molar-refractivity contribution is 6.23. The average Bonchev–Trinajstić information content (AvgIpc) is 1.78. The summed E-state index contributed by atoms with van der Waals surface area (Å²) in [4.78, 5) is 5.01. The smallest absolute Gasteiger partial charge is 0.0630 e. The molecule has 89 heavy (non-hydrogen) atoms. The number of allylic oxidation sites excluding steroid dienone is 2. The number of benzene rings is 14. The number of para-hydroxylation sites is 1. The summed E-state index contributed by atoms with van der Waals surface area (Å²) in [5.41, 5.74) is 27.0. The van der Waals surface area contributed by atoms with E-state index in [2.05, 4.69) is 351 Å². The van der Waals surface area contributed by atoms with E-state index in [9.17, 15) is 0 Å². The first-order valence-electron chi connectivity index (χ1n) is 31.2. The van der Waals surface area contributed by atoms with Crippen LogP contribution < -0.4 is 9.80 Å². The molecule has 420 valence electrons. The fourth-order valence-electron chi connectivity index (χ4n) is 15.2. The standard InChI is InChI=1S/C87H62N2/c1-87(2)81-55-62(85-75-36-18-20-38-77(75)86(78-39-21-19-37-76(78)85)74-40-22-28-59-27-12-13-33-69(59)74)41-49-72(81)73-50-48-66(56-82(73)87)88(63-29-10-5-11-30-63)64-44-46-65(47-45-64)89-83-51-42-60(70-34-16-14-31-67(70)57-23-6-3-7-24-57)53-79(83)80-54-61(43-52-84(80)89)71-35-17-15-32-68(71)58-25-8-4-9-26-58/h3-56,79,83H,1-2H3. The number of nitrogens with zero attached hydrogens (tertiary/aromatic N) is 2. The first-order chi connectivity index (χ1) is 43.9. The quantitative estimate of drug-likeness (QED) is 0.126. The number of anilines is 5. The molecule has 0 saturated carbocycles. The molecule has 0 aromatic heterocycles. The lowest BCUT2D eigenvalue weighted by Crippen LogP contribution is -2.29. The Bertz CT molecular complexity index is 5110. The molecule has 0 radical (unpaired) electrons. The van der Waals surface area contributed by atoms with Crippen LogP contribution in [0, 0.1) is 0 Å². The number of rotatable bonds is 10. The molecule has 3 aliphatic rings. The summed E-state index contributed by atoms with van der Waals surface area (Å²) in [5.74, 6) is 0.105. The molecule has 17 rings (SSSR count). The average molecular weight is 1140 g/mol. The van der Waals surface area contributed by atoms with E-state index in [0.29, 0.717) is 0 Å². The second kappa shape index (κ2) is 21.1. The van der Waals surface area contributed by atoms with Crippen molar-refractivity contribution in [3.8, 4) is 66.8 Å². The zero-order valence-corrected chi connectivity index (χ0v) is 49.7. The molecule has 0 fully saturated rings. The molecular weight excluding hydrogens is 1070 g/mol. The van der Waals surface area contributed by atoms with Crippen LogP contribution in [0.15, 0.2) is 328 Å². The molecule has 0 N–H and O–H groups in total. The van der Waals surface area contributed by atoms with Crippen molar-refractivity contribution in [3.63, 3.8) is 0 Å². The molecule has 14 aromatic carbocycles. The molecule has 2 unspecified atom stereocenters. The molecular formula is C87H62N2. The lowest BCUT2D eigenvalue weighted by Gasteiger charge is -2.31. The van der Waals surface area contributed by atoms with Gasteiger partial charge in [-0.3, -0.25) is 0 Å². The first-order valence-corrected chi connectivity index (χ1v) is 31.2. The maximum Gasteiger partial charge on any atom is 0.0630 e. The Morgan fingerprint density at radius 2 is 0.820 bits per heavy atom. The van der Waals surface area contributed by atoms with Crippen LogP contribution in [-0.4, -0.2) is 6.04 Å². The predicted molar refractivity (Wildman–Crippen MR) is 377 cm³/mol. The van der Waals surface area contributed by atoms with E-state index in [1.165, 1.54) is 133 Å². The minimum atomic E-state index is -0.286. The van der Waals surface area contributed by atoms with E-state index >= 15 is 0 Å².